The first-order valence-corrected chi connectivity index (χ1v) is 8.44. The zero-order valence-electron chi connectivity index (χ0n) is 14.2. The molecule has 1 aliphatic carbocycles. The topological polar surface area (TPSA) is 81.4 Å². The number of nitrogens with two attached hydrogens (primary N) is 1. The van der Waals surface area contributed by atoms with Gasteiger partial charge in [-0.3, -0.25) is 9.59 Å². The van der Waals surface area contributed by atoms with Crippen LogP contribution in [-0.2, 0) is 11.2 Å². The molecule has 3 N–H and O–H groups in total. The number of amides is 2. The summed E-state index contributed by atoms with van der Waals surface area (Å²) in [4.78, 5) is 23.4. The minimum Gasteiger partial charge on any atom is -0.493 e. The van der Waals surface area contributed by atoms with Crippen molar-refractivity contribution in [3.05, 3.63) is 65.2 Å². The summed E-state index contributed by atoms with van der Waals surface area (Å²) in [5, 5.41) is 3.11. The van der Waals surface area contributed by atoms with Crippen LogP contribution in [0, 0.1) is 5.92 Å². The van der Waals surface area contributed by atoms with E-state index in [-0.39, 0.29) is 25.0 Å². The minimum atomic E-state index is -0.503. The Morgan fingerprint density at radius 1 is 1.20 bits per heavy atom. The summed E-state index contributed by atoms with van der Waals surface area (Å²) in [5.41, 5.74) is 8.14. The Kier molecular flexibility index (Phi) is 5.03. The second-order valence-corrected chi connectivity index (χ2v) is 6.42. The Labute approximate surface area is 147 Å². The fourth-order valence-electron chi connectivity index (χ4n) is 3.26. The molecular formula is C20H22N2O3. The van der Waals surface area contributed by atoms with Crippen molar-refractivity contribution in [3.63, 3.8) is 0 Å². The fourth-order valence-corrected chi connectivity index (χ4v) is 3.26. The number of nitrogens with one attached hydrogen (secondary N) is 1. The third-order valence-electron chi connectivity index (χ3n) is 4.53. The maximum Gasteiger partial charge on any atom is 0.248 e. The lowest BCUT2D eigenvalue weighted by atomic mass is 10.0. The summed E-state index contributed by atoms with van der Waals surface area (Å²) in [6, 6.07) is 14.9. The number of carbonyl (C=O) groups is 2. The zero-order valence-corrected chi connectivity index (χ0v) is 14.2. The van der Waals surface area contributed by atoms with E-state index in [2.05, 4.69) is 24.4 Å². The lowest BCUT2D eigenvalue weighted by molar-refractivity contribution is -0.122. The summed E-state index contributed by atoms with van der Waals surface area (Å²) >= 11 is 0. The largest absolute Gasteiger partial charge is 0.493 e. The van der Waals surface area contributed by atoms with E-state index in [0.717, 1.165) is 6.42 Å². The summed E-state index contributed by atoms with van der Waals surface area (Å²) in [7, 11) is 0. The molecule has 0 heterocycles. The van der Waals surface area contributed by atoms with E-state index in [4.69, 9.17) is 10.5 Å². The second-order valence-electron chi connectivity index (χ2n) is 6.42. The van der Waals surface area contributed by atoms with Gasteiger partial charge >= 0.3 is 0 Å². The monoisotopic (exact) mass is 338 g/mol. The molecule has 1 aliphatic rings. The predicted molar refractivity (Wildman–Crippen MR) is 95.3 cm³/mol. The second kappa shape index (κ2) is 7.38. The maximum atomic E-state index is 12.3. The molecule has 2 unspecified atom stereocenters. The molecule has 0 saturated heterocycles. The van der Waals surface area contributed by atoms with Gasteiger partial charge in [-0.1, -0.05) is 37.3 Å². The molecule has 0 aromatic heterocycles. The van der Waals surface area contributed by atoms with Gasteiger partial charge < -0.3 is 15.8 Å². The van der Waals surface area contributed by atoms with Gasteiger partial charge in [-0.05, 0) is 41.7 Å². The van der Waals surface area contributed by atoms with Crippen molar-refractivity contribution >= 4 is 11.8 Å². The smallest absolute Gasteiger partial charge is 0.248 e. The molecule has 2 atom stereocenters. The van der Waals surface area contributed by atoms with Gasteiger partial charge in [-0.15, -0.1) is 0 Å². The maximum absolute atomic E-state index is 12.3. The molecule has 0 radical (unpaired) electrons. The Balaban J connectivity index is 1.52. The molecule has 5 heteroatoms. The number of hydrogen-bond donors (Lipinski definition) is 2. The normalized spacial score (nSPS) is 18.4. The quantitative estimate of drug-likeness (QED) is 0.849. The van der Waals surface area contributed by atoms with Gasteiger partial charge in [0.25, 0.3) is 0 Å². The molecule has 0 saturated carbocycles. The van der Waals surface area contributed by atoms with Crippen LogP contribution in [0.4, 0.5) is 0 Å². The van der Waals surface area contributed by atoms with E-state index in [9.17, 15) is 9.59 Å². The van der Waals surface area contributed by atoms with Crippen molar-refractivity contribution in [1.29, 1.82) is 0 Å². The molecule has 0 aliphatic heterocycles. The van der Waals surface area contributed by atoms with Gasteiger partial charge in [0, 0.05) is 5.56 Å². The van der Waals surface area contributed by atoms with Crippen LogP contribution in [0.25, 0.3) is 0 Å². The van der Waals surface area contributed by atoms with E-state index < -0.39 is 5.91 Å². The van der Waals surface area contributed by atoms with Gasteiger partial charge in [0.2, 0.25) is 11.8 Å². The average molecular weight is 338 g/mol. The number of rotatable bonds is 6. The van der Waals surface area contributed by atoms with Gasteiger partial charge in [0.15, 0.2) is 0 Å². The van der Waals surface area contributed by atoms with Crippen molar-refractivity contribution in [3.8, 4) is 5.75 Å². The highest BCUT2D eigenvalue weighted by molar-refractivity contribution is 5.93. The van der Waals surface area contributed by atoms with Crippen LogP contribution in [0.1, 0.15) is 40.9 Å². The van der Waals surface area contributed by atoms with Crippen LogP contribution in [-0.4, -0.2) is 18.4 Å². The Bertz CT molecular complexity index is 788. The SMILES string of the molecule is CC1Cc2ccccc2C1NC(=O)CCOc1cccc(C(N)=O)c1. The highest BCUT2D eigenvalue weighted by Gasteiger charge is 2.29. The van der Waals surface area contributed by atoms with E-state index in [1.807, 2.05) is 12.1 Å². The summed E-state index contributed by atoms with van der Waals surface area (Å²) in [6.07, 6.45) is 1.24. The fraction of sp³-hybridized carbons (Fsp3) is 0.300. The Morgan fingerprint density at radius 3 is 2.80 bits per heavy atom. The summed E-state index contributed by atoms with van der Waals surface area (Å²) in [5.74, 6) is 0.370. The first-order chi connectivity index (χ1) is 12.0. The van der Waals surface area contributed by atoms with Gasteiger partial charge in [-0.25, -0.2) is 0 Å². The van der Waals surface area contributed by atoms with E-state index in [0.29, 0.717) is 17.2 Å². The predicted octanol–water partition coefficient (Wildman–Crippen LogP) is 2.60. The number of carbonyl (C=O) groups excluding carboxylic acids is 2. The van der Waals surface area contributed by atoms with Crippen molar-refractivity contribution in [2.45, 2.75) is 25.8 Å². The van der Waals surface area contributed by atoms with Crippen LogP contribution < -0.4 is 15.8 Å². The Morgan fingerprint density at radius 2 is 2.00 bits per heavy atom. The van der Waals surface area contributed by atoms with E-state index >= 15 is 0 Å². The Hall–Kier alpha value is -2.82. The molecule has 130 valence electrons. The highest BCUT2D eigenvalue weighted by atomic mass is 16.5. The van der Waals surface area contributed by atoms with Crippen LogP contribution in [0.15, 0.2) is 48.5 Å². The molecule has 3 rings (SSSR count). The number of ether oxygens (including phenoxy) is 1. The number of fused-ring (bicyclic) bond motifs is 1. The average Bonchev–Trinajstić information content (AvgIpc) is 2.91. The molecule has 5 nitrogen and oxygen atoms in total. The number of primary amides is 1. The molecule has 2 aromatic carbocycles. The third kappa shape index (κ3) is 3.99. The third-order valence-corrected chi connectivity index (χ3v) is 4.53. The molecule has 2 aromatic rings. The lowest BCUT2D eigenvalue weighted by Gasteiger charge is -2.19. The van der Waals surface area contributed by atoms with Crippen molar-refractivity contribution in [1.82, 2.24) is 5.32 Å². The molecule has 0 spiro atoms. The van der Waals surface area contributed by atoms with Crippen molar-refractivity contribution < 1.29 is 14.3 Å². The van der Waals surface area contributed by atoms with E-state index in [1.54, 1.807) is 24.3 Å². The number of hydrogen-bond acceptors (Lipinski definition) is 3. The molecule has 2 amide bonds. The summed E-state index contributed by atoms with van der Waals surface area (Å²) < 4.78 is 5.56. The van der Waals surface area contributed by atoms with Crippen LogP contribution >= 0.6 is 0 Å². The standard InChI is InChI=1S/C20H22N2O3/c1-13-11-14-5-2-3-8-17(14)19(13)22-18(23)9-10-25-16-7-4-6-15(12-16)20(21)24/h2-8,12-13,19H,9-11H2,1H3,(H2,21,24)(H,22,23). The molecule has 0 fully saturated rings. The van der Waals surface area contributed by atoms with Crippen molar-refractivity contribution in [2.24, 2.45) is 11.7 Å². The molecule has 25 heavy (non-hydrogen) atoms. The summed E-state index contributed by atoms with van der Waals surface area (Å²) in [6.45, 7) is 2.40. The lowest BCUT2D eigenvalue weighted by Crippen LogP contribution is -2.31. The van der Waals surface area contributed by atoms with Gasteiger partial charge in [-0.2, -0.15) is 0 Å². The van der Waals surface area contributed by atoms with Gasteiger partial charge in [0.1, 0.15) is 5.75 Å². The highest BCUT2D eigenvalue weighted by Crippen LogP contribution is 2.35. The zero-order chi connectivity index (χ0) is 17.8. The van der Waals surface area contributed by atoms with Crippen LogP contribution in [0.2, 0.25) is 0 Å². The van der Waals surface area contributed by atoms with E-state index in [1.165, 1.54) is 11.1 Å². The molecular weight excluding hydrogens is 316 g/mol. The first kappa shape index (κ1) is 17.0. The van der Waals surface area contributed by atoms with Crippen molar-refractivity contribution in [2.75, 3.05) is 6.61 Å². The van der Waals surface area contributed by atoms with Gasteiger partial charge in [0.05, 0.1) is 19.1 Å². The minimum absolute atomic E-state index is 0.0420. The van der Waals surface area contributed by atoms with Crippen LogP contribution in [0.3, 0.4) is 0 Å². The first-order valence-electron chi connectivity index (χ1n) is 8.44. The molecule has 0 bridgehead atoms. The number of benzene rings is 2. The van der Waals surface area contributed by atoms with Crippen LogP contribution in [0.5, 0.6) is 5.75 Å².